The molecule has 2 rings (SSSR count). The van der Waals surface area contributed by atoms with Gasteiger partial charge in [0.1, 0.15) is 0 Å². The van der Waals surface area contributed by atoms with E-state index in [1.165, 1.54) is 31.4 Å². The van der Waals surface area contributed by atoms with Crippen molar-refractivity contribution in [3.63, 3.8) is 0 Å². The maximum atomic E-state index is 12.0. The predicted octanol–water partition coefficient (Wildman–Crippen LogP) is 2.30. The first kappa shape index (κ1) is 14.2. The number of thioether (sulfide) groups is 1. The maximum absolute atomic E-state index is 12.0. The van der Waals surface area contributed by atoms with Gasteiger partial charge in [-0.05, 0) is 44.3 Å². The molecule has 0 spiro atoms. The summed E-state index contributed by atoms with van der Waals surface area (Å²) in [5.41, 5.74) is 6.09. The summed E-state index contributed by atoms with van der Waals surface area (Å²) in [5, 5.41) is 3.12. The zero-order chi connectivity index (χ0) is 13.0. The second-order valence-electron chi connectivity index (χ2n) is 6.09. The van der Waals surface area contributed by atoms with Crippen LogP contribution < -0.4 is 11.1 Å². The van der Waals surface area contributed by atoms with Crippen molar-refractivity contribution in [2.24, 2.45) is 11.7 Å². The van der Waals surface area contributed by atoms with E-state index in [1.54, 1.807) is 0 Å². The van der Waals surface area contributed by atoms with E-state index in [-0.39, 0.29) is 16.7 Å². The topological polar surface area (TPSA) is 55.1 Å². The number of hydrogen-bond acceptors (Lipinski definition) is 3. The summed E-state index contributed by atoms with van der Waals surface area (Å²) >= 11 is 1.99. The van der Waals surface area contributed by atoms with Crippen molar-refractivity contribution < 1.29 is 4.79 Å². The van der Waals surface area contributed by atoms with Gasteiger partial charge in [0.25, 0.3) is 0 Å². The van der Waals surface area contributed by atoms with Gasteiger partial charge in [0.15, 0.2) is 0 Å². The molecule has 3 unspecified atom stereocenters. The molecule has 0 bridgehead atoms. The SMILES string of the molecule is CC1(CNC(=O)CC2CCCCC2N)CCCS1. The molecule has 4 heteroatoms. The minimum absolute atomic E-state index is 0.200. The molecule has 1 amide bonds. The fourth-order valence-electron chi connectivity index (χ4n) is 3.06. The van der Waals surface area contributed by atoms with Crippen LogP contribution in [0.2, 0.25) is 0 Å². The number of carbonyl (C=O) groups excluding carboxylic acids is 1. The van der Waals surface area contributed by atoms with Crippen molar-refractivity contribution >= 4 is 17.7 Å². The van der Waals surface area contributed by atoms with Crippen LogP contribution in [0, 0.1) is 5.92 Å². The first-order valence-corrected chi connectivity index (χ1v) is 8.24. The average Bonchev–Trinajstić information content (AvgIpc) is 2.77. The van der Waals surface area contributed by atoms with Crippen LogP contribution in [0.25, 0.3) is 0 Å². The lowest BCUT2D eigenvalue weighted by Crippen LogP contribution is -2.40. The van der Waals surface area contributed by atoms with Gasteiger partial charge in [-0.1, -0.05) is 12.8 Å². The Bertz CT molecular complexity index is 290. The molecule has 0 radical (unpaired) electrons. The number of carbonyl (C=O) groups is 1. The van der Waals surface area contributed by atoms with E-state index in [0.29, 0.717) is 12.3 Å². The Morgan fingerprint density at radius 1 is 1.39 bits per heavy atom. The molecule has 3 nitrogen and oxygen atoms in total. The van der Waals surface area contributed by atoms with Crippen LogP contribution in [0.3, 0.4) is 0 Å². The molecule has 1 heterocycles. The molecule has 0 aromatic carbocycles. The summed E-state index contributed by atoms with van der Waals surface area (Å²) in [7, 11) is 0. The van der Waals surface area contributed by atoms with E-state index >= 15 is 0 Å². The lowest BCUT2D eigenvalue weighted by molar-refractivity contribution is -0.122. The lowest BCUT2D eigenvalue weighted by atomic mass is 9.83. The third-order valence-corrected chi connectivity index (χ3v) is 5.91. The quantitative estimate of drug-likeness (QED) is 0.824. The molecule has 2 fully saturated rings. The molecule has 3 atom stereocenters. The van der Waals surface area contributed by atoms with Gasteiger partial charge in [-0.3, -0.25) is 4.79 Å². The minimum Gasteiger partial charge on any atom is -0.355 e. The van der Waals surface area contributed by atoms with Crippen molar-refractivity contribution in [3.8, 4) is 0 Å². The summed E-state index contributed by atoms with van der Waals surface area (Å²) in [6, 6.07) is 0.237. The Balaban J connectivity index is 1.71. The zero-order valence-electron chi connectivity index (χ0n) is 11.4. The molecule has 2 aliphatic rings. The Hall–Kier alpha value is -0.220. The first-order chi connectivity index (χ1) is 8.59. The van der Waals surface area contributed by atoms with Gasteiger partial charge < -0.3 is 11.1 Å². The molecule has 0 aromatic heterocycles. The standard InChI is InChI=1S/C14H26N2OS/c1-14(7-4-8-18-14)10-16-13(17)9-11-5-2-3-6-12(11)15/h11-12H,2-10,15H2,1H3,(H,16,17). The highest BCUT2D eigenvalue weighted by molar-refractivity contribution is 8.00. The Labute approximate surface area is 115 Å². The van der Waals surface area contributed by atoms with Crippen molar-refractivity contribution in [1.29, 1.82) is 0 Å². The van der Waals surface area contributed by atoms with Crippen LogP contribution in [-0.2, 0) is 4.79 Å². The molecule has 1 aliphatic carbocycles. The molecular formula is C14H26N2OS. The van der Waals surface area contributed by atoms with E-state index < -0.39 is 0 Å². The van der Waals surface area contributed by atoms with Gasteiger partial charge >= 0.3 is 0 Å². The molecule has 1 aliphatic heterocycles. The molecule has 1 saturated heterocycles. The smallest absolute Gasteiger partial charge is 0.220 e. The van der Waals surface area contributed by atoms with Crippen molar-refractivity contribution in [2.45, 2.75) is 62.7 Å². The van der Waals surface area contributed by atoms with Crippen LogP contribution in [0.5, 0.6) is 0 Å². The van der Waals surface area contributed by atoms with Crippen LogP contribution in [-0.4, -0.2) is 29.0 Å². The van der Waals surface area contributed by atoms with Gasteiger partial charge in [0.05, 0.1) is 0 Å². The van der Waals surface area contributed by atoms with Crippen molar-refractivity contribution in [2.75, 3.05) is 12.3 Å². The first-order valence-electron chi connectivity index (χ1n) is 7.25. The Kier molecular flexibility index (Phi) is 4.96. The molecule has 1 saturated carbocycles. The van der Waals surface area contributed by atoms with E-state index in [9.17, 15) is 4.79 Å². The normalized spacial score (nSPS) is 36.6. The van der Waals surface area contributed by atoms with Gasteiger partial charge in [0, 0.05) is 23.8 Å². The maximum Gasteiger partial charge on any atom is 0.220 e. The van der Waals surface area contributed by atoms with E-state index in [0.717, 1.165) is 19.4 Å². The Morgan fingerprint density at radius 3 is 2.83 bits per heavy atom. The number of hydrogen-bond donors (Lipinski definition) is 2. The third kappa shape index (κ3) is 3.89. The highest BCUT2D eigenvalue weighted by Crippen LogP contribution is 2.37. The van der Waals surface area contributed by atoms with Gasteiger partial charge in [0.2, 0.25) is 5.91 Å². The van der Waals surface area contributed by atoms with E-state index in [1.807, 2.05) is 11.8 Å². The monoisotopic (exact) mass is 270 g/mol. The third-order valence-electron chi connectivity index (χ3n) is 4.38. The highest BCUT2D eigenvalue weighted by Gasteiger charge is 2.30. The number of rotatable bonds is 4. The molecule has 104 valence electrons. The van der Waals surface area contributed by atoms with Crippen LogP contribution in [0.15, 0.2) is 0 Å². The zero-order valence-corrected chi connectivity index (χ0v) is 12.2. The largest absolute Gasteiger partial charge is 0.355 e. The lowest BCUT2D eigenvalue weighted by Gasteiger charge is -2.29. The molecule has 0 aromatic rings. The van der Waals surface area contributed by atoms with Crippen LogP contribution >= 0.6 is 11.8 Å². The highest BCUT2D eigenvalue weighted by atomic mass is 32.2. The summed E-state index contributed by atoms with van der Waals surface area (Å²) in [4.78, 5) is 12.0. The Morgan fingerprint density at radius 2 is 2.17 bits per heavy atom. The molecule has 3 N–H and O–H groups in total. The second-order valence-corrected chi connectivity index (χ2v) is 7.77. The number of nitrogens with one attached hydrogen (secondary N) is 1. The molecule has 18 heavy (non-hydrogen) atoms. The summed E-state index contributed by atoms with van der Waals surface area (Å²) in [6.45, 7) is 3.08. The van der Waals surface area contributed by atoms with Gasteiger partial charge in [-0.25, -0.2) is 0 Å². The molecular weight excluding hydrogens is 244 g/mol. The minimum atomic E-state index is 0.200. The van der Waals surface area contributed by atoms with Crippen molar-refractivity contribution in [3.05, 3.63) is 0 Å². The van der Waals surface area contributed by atoms with Crippen molar-refractivity contribution in [1.82, 2.24) is 5.32 Å². The van der Waals surface area contributed by atoms with Gasteiger partial charge in [-0.2, -0.15) is 11.8 Å². The van der Waals surface area contributed by atoms with Crippen LogP contribution in [0.4, 0.5) is 0 Å². The fraction of sp³-hybridized carbons (Fsp3) is 0.929. The fourth-order valence-corrected chi connectivity index (χ4v) is 4.31. The second kappa shape index (κ2) is 6.29. The average molecular weight is 270 g/mol. The predicted molar refractivity (Wildman–Crippen MR) is 77.7 cm³/mol. The number of nitrogens with two attached hydrogens (primary N) is 1. The van der Waals surface area contributed by atoms with Gasteiger partial charge in [-0.15, -0.1) is 0 Å². The van der Waals surface area contributed by atoms with Crippen LogP contribution in [0.1, 0.15) is 51.9 Å². The summed E-state index contributed by atoms with van der Waals surface area (Å²) in [6.07, 6.45) is 7.81. The van der Waals surface area contributed by atoms with E-state index in [2.05, 4.69) is 12.2 Å². The number of amides is 1. The summed E-state index contributed by atoms with van der Waals surface area (Å²) < 4.78 is 0.268. The van der Waals surface area contributed by atoms with E-state index in [4.69, 9.17) is 5.73 Å². The summed E-state index contributed by atoms with van der Waals surface area (Å²) in [5.74, 6) is 1.84.